The predicted octanol–water partition coefficient (Wildman–Crippen LogP) is 2.84. The molecule has 0 bridgehead atoms. The third-order valence-corrected chi connectivity index (χ3v) is 2.86. The highest BCUT2D eigenvalue weighted by Gasteiger charge is 2.08. The Morgan fingerprint density at radius 2 is 1.67 bits per heavy atom. The highest BCUT2D eigenvalue weighted by Crippen LogP contribution is 2.09. The smallest absolute Gasteiger partial charge is 0.00369 e. The Balaban J connectivity index is 1.91. The van der Waals surface area contributed by atoms with Crippen LogP contribution in [0.4, 0.5) is 0 Å². The minimum Gasteiger partial charge on any atom is -0.303 e. The summed E-state index contributed by atoms with van der Waals surface area (Å²) < 4.78 is 0. The number of nitrogens with zero attached hydrogens (tertiary/aromatic N) is 1. The third kappa shape index (κ3) is 4.36. The van der Waals surface area contributed by atoms with Gasteiger partial charge in [0.1, 0.15) is 0 Å². The number of likely N-dealkylation sites (tertiary alicyclic amines) is 1. The molecule has 0 atom stereocenters. The van der Waals surface area contributed by atoms with E-state index in [1.807, 2.05) is 0 Å². The van der Waals surface area contributed by atoms with E-state index in [0.29, 0.717) is 0 Å². The molecule has 12 heavy (non-hydrogen) atoms. The van der Waals surface area contributed by atoms with Crippen molar-refractivity contribution in [3.05, 3.63) is 0 Å². The number of rotatable bonds is 5. The molecule has 1 radical (unpaired) electrons. The van der Waals surface area contributed by atoms with Crippen LogP contribution in [0.5, 0.6) is 0 Å². The van der Waals surface area contributed by atoms with Crippen molar-refractivity contribution in [2.24, 2.45) is 0 Å². The van der Waals surface area contributed by atoms with Crippen LogP contribution < -0.4 is 0 Å². The molecule has 1 saturated heterocycles. The van der Waals surface area contributed by atoms with Crippen molar-refractivity contribution in [3.63, 3.8) is 0 Å². The minimum atomic E-state index is 0.944. The van der Waals surface area contributed by atoms with Gasteiger partial charge in [-0.3, -0.25) is 0 Å². The van der Waals surface area contributed by atoms with Gasteiger partial charge in [0, 0.05) is 5.75 Å². The molecule has 0 aromatic rings. The lowest BCUT2D eigenvalue weighted by atomic mass is 10.1. The van der Waals surface area contributed by atoms with Crippen LogP contribution in [0.25, 0.3) is 0 Å². The van der Waals surface area contributed by atoms with Crippen LogP contribution in [0.1, 0.15) is 38.5 Å². The predicted molar refractivity (Wildman–Crippen MR) is 56.6 cm³/mol. The van der Waals surface area contributed by atoms with Gasteiger partial charge in [0.2, 0.25) is 0 Å². The number of hydrogen-bond acceptors (Lipinski definition) is 1. The summed E-state index contributed by atoms with van der Waals surface area (Å²) in [6.45, 7) is 4.00. The summed E-state index contributed by atoms with van der Waals surface area (Å²) in [5.41, 5.74) is 0. The fourth-order valence-corrected chi connectivity index (χ4v) is 2.00. The summed E-state index contributed by atoms with van der Waals surface area (Å²) in [7, 11) is 0. The van der Waals surface area contributed by atoms with Crippen LogP contribution in [0.2, 0.25) is 0 Å². The normalized spacial score (nSPS) is 19.8. The van der Waals surface area contributed by atoms with Gasteiger partial charge in [-0.2, -0.15) is 0 Å². The second kappa shape index (κ2) is 6.79. The van der Waals surface area contributed by atoms with Crippen LogP contribution in [-0.4, -0.2) is 30.3 Å². The quantitative estimate of drug-likeness (QED) is 0.597. The maximum absolute atomic E-state index is 4.91. The van der Waals surface area contributed by atoms with Gasteiger partial charge >= 0.3 is 0 Å². The fraction of sp³-hybridized carbons (Fsp3) is 1.00. The second-order valence-corrected chi connectivity index (χ2v) is 4.08. The average molecular weight is 186 g/mol. The van der Waals surface area contributed by atoms with Gasteiger partial charge in [-0.1, -0.05) is 25.5 Å². The molecule has 71 valence electrons. The maximum Gasteiger partial charge on any atom is 0.00369 e. The first-order valence-corrected chi connectivity index (χ1v) is 5.81. The van der Waals surface area contributed by atoms with Crippen LogP contribution in [0.15, 0.2) is 0 Å². The van der Waals surface area contributed by atoms with Crippen molar-refractivity contribution < 1.29 is 0 Å². The molecular formula is C10H20NS. The molecule has 0 unspecified atom stereocenters. The highest BCUT2D eigenvalue weighted by molar-refractivity contribution is 7.80. The number of piperidine rings is 1. The van der Waals surface area contributed by atoms with E-state index in [0.717, 1.165) is 5.75 Å². The molecule has 1 fully saturated rings. The van der Waals surface area contributed by atoms with E-state index in [4.69, 9.17) is 12.6 Å². The summed E-state index contributed by atoms with van der Waals surface area (Å²) in [5.74, 6) is 0.944. The molecule has 1 heterocycles. The van der Waals surface area contributed by atoms with Gasteiger partial charge in [0.25, 0.3) is 0 Å². The standard InChI is InChI=1S/C10H20NS/c12-10-6-2-5-9-11-7-3-1-4-8-11/h1-10H2. The monoisotopic (exact) mass is 186 g/mol. The van der Waals surface area contributed by atoms with Crippen LogP contribution in [-0.2, 0) is 0 Å². The maximum atomic E-state index is 4.91. The molecule has 2 heteroatoms. The van der Waals surface area contributed by atoms with E-state index >= 15 is 0 Å². The second-order valence-electron chi connectivity index (χ2n) is 3.67. The summed E-state index contributed by atoms with van der Waals surface area (Å²) in [6.07, 6.45) is 8.21. The van der Waals surface area contributed by atoms with E-state index in [9.17, 15) is 0 Å². The zero-order chi connectivity index (χ0) is 8.65. The Labute approximate surface area is 81.9 Å². The molecule has 0 saturated carbocycles. The van der Waals surface area contributed by atoms with E-state index in [2.05, 4.69) is 4.90 Å². The first kappa shape index (κ1) is 10.4. The van der Waals surface area contributed by atoms with Crippen LogP contribution >= 0.6 is 12.6 Å². The van der Waals surface area contributed by atoms with Gasteiger partial charge in [0.15, 0.2) is 0 Å². The van der Waals surface area contributed by atoms with Crippen LogP contribution in [0.3, 0.4) is 0 Å². The summed E-state index contributed by atoms with van der Waals surface area (Å²) >= 11 is 4.91. The van der Waals surface area contributed by atoms with Crippen molar-refractivity contribution >= 4 is 12.6 Å². The zero-order valence-electron chi connectivity index (χ0n) is 7.93. The summed E-state index contributed by atoms with van der Waals surface area (Å²) in [6, 6.07) is 0. The van der Waals surface area contributed by atoms with Crippen molar-refractivity contribution in [1.82, 2.24) is 4.90 Å². The van der Waals surface area contributed by atoms with Gasteiger partial charge in [-0.05, 0) is 45.3 Å². The molecule has 0 aromatic carbocycles. The molecule has 0 aliphatic carbocycles. The van der Waals surface area contributed by atoms with Gasteiger partial charge in [-0.25, -0.2) is 0 Å². The molecule has 1 rings (SSSR count). The molecule has 1 nitrogen and oxygen atoms in total. The summed E-state index contributed by atoms with van der Waals surface area (Å²) in [5, 5.41) is 0. The third-order valence-electron chi connectivity index (χ3n) is 2.57. The lowest BCUT2D eigenvalue weighted by molar-refractivity contribution is 0.224. The minimum absolute atomic E-state index is 0.944. The molecule has 1 aliphatic rings. The lowest BCUT2D eigenvalue weighted by Gasteiger charge is -2.26. The Bertz CT molecular complexity index is 100. The van der Waals surface area contributed by atoms with E-state index in [-0.39, 0.29) is 0 Å². The van der Waals surface area contributed by atoms with Gasteiger partial charge < -0.3 is 4.90 Å². The van der Waals surface area contributed by atoms with Gasteiger partial charge in [0.05, 0.1) is 0 Å². The van der Waals surface area contributed by atoms with Crippen molar-refractivity contribution in [1.29, 1.82) is 0 Å². The van der Waals surface area contributed by atoms with E-state index < -0.39 is 0 Å². The Kier molecular flexibility index (Phi) is 5.88. The Morgan fingerprint density at radius 3 is 2.33 bits per heavy atom. The van der Waals surface area contributed by atoms with E-state index in [1.54, 1.807) is 0 Å². The van der Waals surface area contributed by atoms with Crippen molar-refractivity contribution in [2.75, 3.05) is 25.4 Å². The van der Waals surface area contributed by atoms with Crippen molar-refractivity contribution in [3.8, 4) is 0 Å². The lowest BCUT2D eigenvalue weighted by Crippen LogP contribution is -2.30. The molecule has 0 amide bonds. The first-order valence-electron chi connectivity index (χ1n) is 5.24. The van der Waals surface area contributed by atoms with Gasteiger partial charge in [-0.15, -0.1) is 0 Å². The Morgan fingerprint density at radius 1 is 0.917 bits per heavy atom. The molecule has 1 aliphatic heterocycles. The fourth-order valence-electron chi connectivity index (χ4n) is 1.80. The van der Waals surface area contributed by atoms with E-state index in [1.165, 1.54) is 58.2 Å². The van der Waals surface area contributed by atoms with Crippen molar-refractivity contribution in [2.45, 2.75) is 38.5 Å². The number of hydrogen-bond donors (Lipinski definition) is 0. The average Bonchev–Trinajstić information content (AvgIpc) is 2.14. The highest BCUT2D eigenvalue weighted by atomic mass is 32.1. The topological polar surface area (TPSA) is 3.24 Å². The Hall–Kier alpha value is 0.310. The number of unbranched alkanes of at least 4 members (excludes halogenated alkanes) is 2. The summed E-state index contributed by atoms with van der Waals surface area (Å²) in [4.78, 5) is 2.60. The molecule has 0 N–H and O–H groups in total. The van der Waals surface area contributed by atoms with Crippen LogP contribution in [0, 0.1) is 0 Å². The molecular weight excluding hydrogens is 166 g/mol. The molecule has 0 aromatic heterocycles. The SMILES string of the molecule is [S]CCCCCN1CCCCC1. The largest absolute Gasteiger partial charge is 0.303 e. The zero-order valence-corrected chi connectivity index (χ0v) is 8.74. The molecule has 0 spiro atoms. The first-order chi connectivity index (χ1) is 5.93.